The second kappa shape index (κ2) is 8.08. The van der Waals surface area contributed by atoms with Crippen LogP contribution in [0.15, 0.2) is 54.0 Å². The molecule has 0 unspecified atom stereocenters. The average Bonchev–Trinajstić information content (AvgIpc) is 3.42. The van der Waals surface area contributed by atoms with Gasteiger partial charge in [-0.25, -0.2) is 14.5 Å². The Morgan fingerprint density at radius 1 is 1.13 bits per heavy atom. The molecule has 3 aromatic heterocycles. The van der Waals surface area contributed by atoms with Gasteiger partial charge in [-0.3, -0.25) is 4.79 Å². The zero-order valence-electron chi connectivity index (χ0n) is 16.7. The van der Waals surface area contributed by atoms with Gasteiger partial charge in [-0.15, -0.1) is 11.3 Å². The van der Waals surface area contributed by atoms with E-state index < -0.39 is 5.97 Å². The Bertz CT molecular complexity index is 1230. The van der Waals surface area contributed by atoms with Crippen LogP contribution in [-0.4, -0.2) is 33.8 Å². The van der Waals surface area contributed by atoms with Crippen LogP contribution >= 0.6 is 11.3 Å². The Balaban J connectivity index is 1.82. The lowest BCUT2D eigenvalue weighted by Gasteiger charge is -2.12. The number of hydrogen-bond donors (Lipinski definition) is 1. The van der Waals surface area contributed by atoms with E-state index in [4.69, 9.17) is 9.72 Å². The van der Waals surface area contributed by atoms with Gasteiger partial charge in [0.2, 0.25) is 0 Å². The smallest absolute Gasteiger partial charge is 0.339 e. The number of carbonyl (C=O) groups is 2. The van der Waals surface area contributed by atoms with Crippen molar-refractivity contribution in [3.63, 3.8) is 0 Å². The number of aromatic nitrogens is 3. The summed E-state index contributed by atoms with van der Waals surface area (Å²) < 4.78 is 6.62. The lowest BCUT2D eigenvalue weighted by atomic mass is 10.1. The van der Waals surface area contributed by atoms with Crippen molar-refractivity contribution in [2.75, 3.05) is 12.4 Å². The molecule has 0 fully saturated rings. The van der Waals surface area contributed by atoms with Crippen molar-refractivity contribution in [1.82, 2.24) is 14.8 Å². The van der Waals surface area contributed by atoms with E-state index in [0.29, 0.717) is 28.0 Å². The molecule has 4 rings (SSSR count). The number of para-hydroxylation sites is 1. The van der Waals surface area contributed by atoms with E-state index in [-0.39, 0.29) is 17.5 Å². The fourth-order valence-corrected chi connectivity index (χ4v) is 3.89. The van der Waals surface area contributed by atoms with Crippen molar-refractivity contribution in [2.24, 2.45) is 0 Å². The summed E-state index contributed by atoms with van der Waals surface area (Å²) in [7, 11) is 1.31. The average molecular weight is 420 g/mol. The third-order valence-corrected chi connectivity index (χ3v) is 5.55. The number of pyridine rings is 1. The maximum atomic E-state index is 13.3. The standard InChI is InChI=1S/C22H20N4O3S/c1-13(2)26-20-16(12-23-26)15(11-18(24-20)19-9-6-10-30-19)21(27)25-17-8-5-4-7-14(17)22(28)29-3/h4-13H,1-3H3,(H,25,27). The summed E-state index contributed by atoms with van der Waals surface area (Å²) in [5.74, 6) is -0.863. The van der Waals surface area contributed by atoms with Crippen LogP contribution in [-0.2, 0) is 4.74 Å². The molecule has 0 atom stereocenters. The molecule has 0 radical (unpaired) electrons. The summed E-state index contributed by atoms with van der Waals surface area (Å²) >= 11 is 1.55. The lowest BCUT2D eigenvalue weighted by Crippen LogP contribution is -2.16. The molecule has 152 valence electrons. The van der Waals surface area contributed by atoms with Crippen molar-refractivity contribution < 1.29 is 14.3 Å². The van der Waals surface area contributed by atoms with Crippen molar-refractivity contribution in [3.05, 3.63) is 65.2 Å². The van der Waals surface area contributed by atoms with Crippen molar-refractivity contribution in [2.45, 2.75) is 19.9 Å². The summed E-state index contributed by atoms with van der Waals surface area (Å²) in [4.78, 5) is 31.0. The third kappa shape index (κ3) is 3.57. The van der Waals surface area contributed by atoms with E-state index in [1.807, 2.05) is 31.4 Å². The number of esters is 1. The van der Waals surface area contributed by atoms with E-state index in [2.05, 4.69) is 10.4 Å². The van der Waals surface area contributed by atoms with Crippen LogP contribution in [0.4, 0.5) is 5.69 Å². The largest absolute Gasteiger partial charge is 0.465 e. The van der Waals surface area contributed by atoms with Crippen LogP contribution in [0.5, 0.6) is 0 Å². The number of anilines is 1. The molecule has 0 aliphatic heterocycles. The van der Waals surface area contributed by atoms with Crippen LogP contribution in [0.3, 0.4) is 0 Å². The molecule has 30 heavy (non-hydrogen) atoms. The number of methoxy groups -OCH3 is 1. The van der Waals surface area contributed by atoms with Crippen molar-refractivity contribution in [3.8, 4) is 10.6 Å². The number of nitrogens with zero attached hydrogens (tertiary/aromatic N) is 3. The third-order valence-electron chi connectivity index (χ3n) is 4.65. The molecular weight excluding hydrogens is 400 g/mol. The number of carbonyl (C=O) groups excluding carboxylic acids is 2. The molecule has 7 nitrogen and oxygen atoms in total. The van der Waals surface area contributed by atoms with E-state index in [9.17, 15) is 9.59 Å². The molecule has 4 aromatic rings. The van der Waals surface area contributed by atoms with E-state index in [1.54, 1.807) is 52.5 Å². The zero-order chi connectivity index (χ0) is 21.3. The minimum atomic E-state index is -0.516. The molecule has 1 aromatic carbocycles. The number of ether oxygens (including phenoxy) is 1. The Hall–Kier alpha value is -3.52. The summed E-state index contributed by atoms with van der Waals surface area (Å²) in [5, 5.41) is 9.89. The predicted octanol–water partition coefficient (Wildman–Crippen LogP) is 4.78. The van der Waals surface area contributed by atoms with Gasteiger partial charge in [0, 0.05) is 6.04 Å². The van der Waals surface area contributed by atoms with Gasteiger partial charge in [-0.1, -0.05) is 18.2 Å². The summed E-state index contributed by atoms with van der Waals surface area (Å²) in [5.41, 5.74) is 2.45. The molecule has 0 saturated carbocycles. The van der Waals surface area contributed by atoms with Gasteiger partial charge in [-0.05, 0) is 43.5 Å². The number of hydrogen-bond acceptors (Lipinski definition) is 6. The maximum absolute atomic E-state index is 13.3. The SMILES string of the molecule is COC(=O)c1ccccc1NC(=O)c1cc(-c2cccs2)nc2c1cnn2C(C)C. The molecule has 8 heteroatoms. The second-order valence-corrected chi connectivity index (χ2v) is 7.89. The molecule has 1 amide bonds. The van der Waals surface area contributed by atoms with E-state index in [1.165, 1.54) is 7.11 Å². The van der Waals surface area contributed by atoms with Gasteiger partial charge >= 0.3 is 5.97 Å². The minimum absolute atomic E-state index is 0.0875. The topological polar surface area (TPSA) is 86.1 Å². The summed E-state index contributed by atoms with van der Waals surface area (Å²) in [6, 6.07) is 12.5. The molecule has 3 heterocycles. The highest BCUT2D eigenvalue weighted by Crippen LogP contribution is 2.29. The summed E-state index contributed by atoms with van der Waals surface area (Å²) in [6.45, 7) is 4.02. The fraction of sp³-hybridized carbons (Fsp3) is 0.182. The summed E-state index contributed by atoms with van der Waals surface area (Å²) in [6.07, 6.45) is 1.65. The predicted molar refractivity (Wildman–Crippen MR) is 117 cm³/mol. The Morgan fingerprint density at radius 3 is 2.63 bits per heavy atom. The van der Waals surface area contributed by atoms with Gasteiger partial charge in [-0.2, -0.15) is 5.10 Å². The second-order valence-electron chi connectivity index (χ2n) is 6.94. The number of thiophene rings is 1. The van der Waals surface area contributed by atoms with Gasteiger partial charge in [0.25, 0.3) is 5.91 Å². The van der Waals surface area contributed by atoms with Crippen LogP contribution in [0, 0.1) is 0 Å². The van der Waals surface area contributed by atoms with Gasteiger partial charge in [0.15, 0.2) is 5.65 Å². The van der Waals surface area contributed by atoms with Crippen LogP contribution in [0.25, 0.3) is 21.6 Å². The van der Waals surface area contributed by atoms with Gasteiger partial charge < -0.3 is 10.1 Å². The minimum Gasteiger partial charge on any atom is -0.465 e. The first-order valence-corrected chi connectivity index (χ1v) is 10.3. The normalized spacial score (nSPS) is 11.1. The highest BCUT2D eigenvalue weighted by molar-refractivity contribution is 7.13. The number of benzene rings is 1. The molecule has 0 aliphatic carbocycles. The first kappa shape index (κ1) is 19.8. The number of rotatable bonds is 5. The van der Waals surface area contributed by atoms with Crippen LogP contribution in [0.1, 0.15) is 40.6 Å². The highest BCUT2D eigenvalue weighted by atomic mass is 32.1. The first-order valence-electron chi connectivity index (χ1n) is 9.40. The Kier molecular flexibility index (Phi) is 5.33. The number of nitrogens with one attached hydrogen (secondary N) is 1. The lowest BCUT2D eigenvalue weighted by molar-refractivity contribution is 0.0602. The monoisotopic (exact) mass is 420 g/mol. The maximum Gasteiger partial charge on any atom is 0.339 e. The number of amides is 1. The van der Waals surface area contributed by atoms with Crippen molar-refractivity contribution in [1.29, 1.82) is 0 Å². The van der Waals surface area contributed by atoms with Crippen LogP contribution < -0.4 is 5.32 Å². The molecule has 1 N–H and O–H groups in total. The first-order chi connectivity index (χ1) is 14.5. The van der Waals surface area contributed by atoms with Crippen LogP contribution in [0.2, 0.25) is 0 Å². The Labute approximate surface area is 177 Å². The fourth-order valence-electron chi connectivity index (χ4n) is 3.20. The van der Waals surface area contributed by atoms with Gasteiger partial charge in [0.1, 0.15) is 0 Å². The van der Waals surface area contributed by atoms with E-state index in [0.717, 1.165) is 4.88 Å². The number of fused-ring (bicyclic) bond motifs is 1. The molecule has 0 aliphatic rings. The Morgan fingerprint density at radius 2 is 1.93 bits per heavy atom. The van der Waals surface area contributed by atoms with Gasteiger partial charge in [0.05, 0.1) is 46.1 Å². The van der Waals surface area contributed by atoms with E-state index >= 15 is 0 Å². The molecule has 0 saturated heterocycles. The quantitative estimate of drug-likeness (QED) is 0.470. The molecule has 0 bridgehead atoms. The molecule has 0 spiro atoms. The highest BCUT2D eigenvalue weighted by Gasteiger charge is 2.20. The van der Waals surface area contributed by atoms with Crippen molar-refractivity contribution >= 4 is 39.9 Å². The molecular formula is C22H20N4O3S. The zero-order valence-corrected chi connectivity index (χ0v) is 17.6.